The second-order valence-corrected chi connectivity index (χ2v) is 18.9. The van der Waals surface area contributed by atoms with E-state index < -0.39 is 12.1 Å². The van der Waals surface area contributed by atoms with E-state index in [1.807, 2.05) is 6.08 Å². The largest absolute Gasteiger partial charge is 0.465 e. The summed E-state index contributed by atoms with van der Waals surface area (Å²) in [4.78, 5) is 24.4. The van der Waals surface area contributed by atoms with E-state index in [1.54, 1.807) is 6.08 Å². The summed E-state index contributed by atoms with van der Waals surface area (Å²) in [6.07, 6.45) is 67.2. The lowest BCUT2D eigenvalue weighted by molar-refractivity contribution is -0.143. The number of allylic oxidation sites excluding steroid dienone is 6. The maximum absolute atomic E-state index is 12.4. The Morgan fingerprint density at radius 3 is 1.20 bits per heavy atom. The van der Waals surface area contributed by atoms with Crippen molar-refractivity contribution >= 4 is 11.9 Å². The predicted molar refractivity (Wildman–Crippen MR) is 278 cm³/mol. The highest BCUT2D eigenvalue weighted by atomic mass is 16.5. The SMILES string of the molecule is CCCCCCCCC/C=C\CCCCCCCC(=O)OCC/C=C\C/C=C\CCCCCCCCCCCCCCCCC(=O)NC(CO)C(O)/C=C/CCCCCCCCCC. The third-order valence-corrected chi connectivity index (χ3v) is 12.6. The Kier molecular flexibility index (Phi) is 51.6. The van der Waals surface area contributed by atoms with Gasteiger partial charge in [-0.25, -0.2) is 0 Å². The summed E-state index contributed by atoms with van der Waals surface area (Å²) < 4.78 is 5.41. The standard InChI is InChI=1S/C58H107NO5/c1-3-5-7-9-11-13-15-16-17-26-29-32-36-40-44-48-52-58(63)64-53-49-45-41-37-33-30-27-24-22-20-18-19-21-23-25-28-31-35-39-43-47-51-57(62)59-55(54-60)56(61)50-46-42-38-34-14-12-10-8-6-4-2/h17,26,30,33,41,45-46,50,55-56,60-61H,3-16,18-25,27-29,31-32,34-40,42-44,47-49,51-54H2,1-2H3,(H,59,62)/b26-17-,33-30-,45-41-,50-46+. The summed E-state index contributed by atoms with van der Waals surface area (Å²) in [6, 6.07) is -0.631. The van der Waals surface area contributed by atoms with Gasteiger partial charge in [0.05, 0.1) is 25.4 Å². The normalized spacial score (nSPS) is 13.0. The molecule has 374 valence electrons. The van der Waals surface area contributed by atoms with Gasteiger partial charge in [-0.1, -0.05) is 242 Å². The first-order valence-electron chi connectivity index (χ1n) is 27.9. The third-order valence-electron chi connectivity index (χ3n) is 12.6. The Morgan fingerprint density at radius 1 is 0.438 bits per heavy atom. The van der Waals surface area contributed by atoms with Gasteiger partial charge in [-0.05, 0) is 77.0 Å². The summed E-state index contributed by atoms with van der Waals surface area (Å²) in [5, 5.41) is 23.0. The Bertz CT molecular complexity index is 1080. The number of carbonyl (C=O) groups excluding carboxylic acids is 2. The zero-order valence-electron chi connectivity index (χ0n) is 42.5. The van der Waals surface area contributed by atoms with Gasteiger partial charge in [0.15, 0.2) is 0 Å². The van der Waals surface area contributed by atoms with E-state index in [9.17, 15) is 19.8 Å². The van der Waals surface area contributed by atoms with Gasteiger partial charge in [0.1, 0.15) is 0 Å². The van der Waals surface area contributed by atoms with Crippen LogP contribution in [-0.4, -0.2) is 47.4 Å². The topological polar surface area (TPSA) is 95.9 Å². The zero-order valence-corrected chi connectivity index (χ0v) is 42.5. The molecule has 64 heavy (non-hydrogen) atoms. The number of esters is 1. The van der Waals surface area contributed by atoms with Gasteiger partial charge in [-0.2, -0.15) is 0 Å². The third kappa shape index (κ3) is 49.3. The highest BCUT2D eigenvalue weighted by Crippen LogP contribution is 2.16. The van der Waals surface area contributed by atoms with Crippen molar-refractivity contribution in [3.05, 3.63) is 48.6 Å². The van der Waals surface area contributed by atoms with Gasteiger partial charge in [-0.15, -0.1) is 0 Å². The van der Waals surface area contributed by atoms with E-state index in [-0.39, 0.29) is 18.5 Å². The highest BCUT2D eigenvalue weighted by molar-refractivity contribution is 5.76. The van der Waals surface area contributed by atoms with Crippen molar-refractivity contribution in [2.45, 2.75) is 296 Å². The van der Waals surface area contributed by atoms with Gasteiger partial charge in [0.2, 0.25) is 5.91 Å². The molecule has 2 atom stereocenters. The zero-order chi connectivity index (χ0) is 46.5. The molecule has 0 aliphatic heterocycles. The van der Waals surface area contributed by atoms with E-state index >= 15 is 0 Å². The molecule has 0 aliphatic rings. The van der Waals surface area contributed by atoms with Crippen LogP contribution in [-0.2, 0) is 14.3 Å². The fourth-order valence-electron chi connectivity index (χ4n) is 8.29. The highest BCUT2D eigenvalue weighted by Gasteiger charge is 2.18. The van der Waals surface area contributed by atoms with Crippen LogP contribution in [0.3, 0.4) is 0 Å². The quantitative estimate of drug-likeness (QED) is 0.0321. The van der Waals surface area contributed by atoms with E-state index in [4.69, 9.17) is 4.74 Å². The van der Waals surface area contributed by atoms with Crippen molar-refractivity contribution in [1.29, 1.82) is 0 Å². The molecular formula is C58H107NO5. The summed E-state index contributed by atoms with van der Waals surface area (Å²) in [5.41, 5.74) is 0. The minimum Gasteiger partial charge on any atom is -0.465 e. The van der Waals surface area contributed by atoms with Crippen LogP contribution in [0.4, 0.5) is 0 Å². The number of hydrogen-bond donors (Lipinski definition) is 3. The van der Waals surface area contributed by atoms with Crippen LogP contribution in [0.15, 0.2) is 48.6 Å². The number of rotatable bonds is 51. The molecule has 0 saturated heterocycles. The molecule has 0 aliphatic carbocycles. The van der Waals surface area contributed by atoms with Crippen molar-refractivity contribution in [2.75, 3.05) is 13.2 Å². The predicted octanol–water partition coefficient (Wildman–Crippen LogP) is 17.0. The molecule has 0 heterocycles. The average Bonchev–Trinajstić information content (AvgIpc) is 3.29. The van der Waals surface area contributed by atoms with E-state index in [2.05, 4.69) is 55.6 Å². The molecule has 6 nitrogen and oxygen atoms in total. The second-order valence-electron chi connectivity index (χ2n) is 18.9. The minimum atomic E-state index is -0.847. The first-order valence-corrected chi connectivity index (χ1v) is 27.9. The first kappa shape index (κ1) is 61.8. The lowest BCUT2D eigenvalue weighted by atomic mass is 10.0. The smallest absolute Gasteiger partial charge is 0.305 e. The molecule has 0 radical (unpaired) electrons. The maximum atomic E-state index is 12.4. The molecule has 0 aromatic rings. The number of unbranched alkanes of at least 4 members (excludes halogenated alkanes) is 34. The Hall–Kier alpha value is -2.18. The number of carbonyl (C=O) groups is 2. The maximum Gasteiger partial charge on any atom is 0.305 e. The number of amides is 1. The number of aliphatic hydroxyl groups is 2. The first-order chi connectivity index (χ1) is 31.5. The summed E-state index contributed by atoms with van der Waals surface area (Å²) in [6.45, 7) is 4.76. The van der Waals surface area contributed by atoms with Crippen LogP contribution >= 0.6 is 0 Å². The lowest BCUT2D eigenvalue weighted by Gasteiger charge is -2.20. The molecule has 0 rings (SSSR count). The number of ether oxygens (including phenoxy) is 1. The van der Waals surface area contributed by atoms with Crippen LogP contribution in [0.5, 0.6) is 0 Å². The van der Waals surface area contributed by atoms with E-state index in [1.165, 1.54) is 205 Å². The monoisotopic (exact) mass is 898 g/mol. The number of hydrogen-bond acceptors (Lipinski definition) is 5. The minimum absolute atomic E-state index is 0.0440. The van der Waals surface area contributed by atoms with Gasteiger partial charge >= 0.3 is 5.97 Å². The Morgan fingerprint density at radius 2 is 0.781 bits per heavy atom. The van der Waals surface area contributed by atoms with Gasteiger partial charge < -0.3 is 20.3 Å². The van der Waals surface area contributed by atoms with Crippen LogP contribution in [0.1, 0.15) is 284 Å². The molecular weight excluding hydrogens is 791 g/mol. The molecule has 0 aromatic heterocycles. The molecule has 0 aromatic carbocycles. The van der Waals surface area contributed by atoms with Crippen LogP contribution in [0.2, 0.25) is 0 Å². The van der Waals surface area contributed by atoms with Crippen LogP contribution < -0.4 is 5.32 Å². The van der Waals surface area contributed by atoms with Crippen LogP contribution in [0.25, 0.3) is 0 Å². The number of aliphatic hydroxyl groups excluding tert-OH is 2. The summed E-state index contributed by atoms with van der Waals surface area (Å²) >= 11 is 0. The van der Waals surface area contributed by atoms with Crippen molar-refractivity contribution in [1.82, 2.24) is 5.32 Å². The molecule has 0 saturated carbocycles. The fourth-order valence-corrected chi connectivity index (χ4v) is 8.29. The summed E-state index contributed by atoms with van der Waals surface area (Å²) in [5.74, 6) is -0.120. The molecule has 6 heteroatoms. The molecule has 3 N–H and O–H groups in total. The van der Waals surface area contributed by atoms with Crippen molar-refractivity contribution in [3.8, 4) is 0 Å². The van der Waals surface area contributed by atoms with Gasteiger partial charge in [0.25, 0.3) is 0 Å². The Labute approximate surface area is 397 Å². The van der Waals surface area contributed by atoms with Crippen molar-refractivity contribution in [2.24, 2.45) is 0 Å². The molecule has 0 fully saturated rings. The number of nitrogens with one attached hydrogen (secondary N) is 1. The van der Waals surface area contributed by atoms with E-state index in [0.717, 1.165) is 51.4 Å². The fraction of sp³-hybridized carbons (Fsp3) is 0.828. The van der Waals surface area contributed by atoms with Crippen molar-refractivity contribution < 1.29 is 24.5 Å². The molecule has 0 spiro atoms. The van der Waals surface area contributed by atoms with Crippen molar-refractivity contribution in [3.63, 3.8) is 0 Å². The molecule has 0 bridgehead atoms. The average molecular weight is 898 g/mol. The van der Waals surface area contributed by atoms with E-state index in [0.29, 0.717) is 19.4 Å². The van der Waals surface area contributed by atoms with Gasteiger partial charge in [-0.3, -0.25) is 9.59 Å². The lowest BCUT2D eigenvalue weighted by Crippen LogP contribution is -2.45. The molecule has 2 unspecified atom stereocenters. The second kappa shape index (κ2) is 53.4. The van der Waals surface area contributed by atoms with Crippen LogP contribution in [0, 0.1) is 0 Å². The summed E-state index contributed by atoms with van der Waals surface area (Å²) in [7, 11) is 0. The Balaban J connectivity index is 3.46. The molecule has 1 amide bonds. The van der Waals surface area contributed by atoms with Gasteiger partial charge in [0, 0.05) is 12.8 Å².